The van der Waals surface area contributed by atoms with Crippen LogP contribution in [0.3, 0.4) is 0 Å². The molecule has 0 N–H and O–H groups in total. The first-order valence-electron chi connectivity index (χ1n) is 4.78. The van der Waals surface area contributed by atoms with Crippen molar-refractivity contribution in [2.45, 2.75) is 39.5 Å². The molecule has 0 saturated carbocycles. The quantitative estimate of drug-likeness (QED) is 0.696. The van der Waals surface area contributed by atoms with Crippen LogP contribution >= 0.6 is 11.6 Å². The molecule has 0 atom stereocenters. The van der Waals surface area contributed by atoms with Crippen molar-refractivity contribution in [3.63, 3.8) is 0 Å². The molecule has 0 aromatic carbocycles. The third-order valence-corrected chi connectivity index (χ3v) is 2.10. The second-order valence-electron chi connectivity index (χ2n) is 3.06. The summed E-state index contributed by atoms with van der Waals surface area (Å²) in [4.78, 5) is 8.57. The highest BCUT2D eigenvalue weighted by Crippen LogP contribution is 2.09. The number of rotatable bonds is 4. The molecule has 0 fully saturated rings. The van der Waals surface area contributed by atoms with Crippen LogP contribution in [0.1, 0.15) is 38.2 Å². The van der Waals surface area contributed by atoms with Gasteiger partial charge in [-0.1, -0.05) is 31.9 Å². The number of aromatic nitrogens is 2. The maximum absolute atomic E-state index is 5.86. The predicted molar refractivity (Wildman–Crippen MR) is 55.0 cm³/mol. The molecular weight excluding hydrogens is 184 g/mol. The Morgan fingerprint density at radius 3 is 2.69 bits per heavy atom. The lowest BCUT2D eigenvalue weighted by atomic mass is 10.2. The molecule has 0 aliphatic heterocycles. The van der Waals surface area contributed by atoms with E-state index in [0.29, 0.717) is 5.15 Å². The Kier molecular flexibility index (Phi) is 4.16. The fourth-order valence-electron chi connectivity index (χ4n) is 1.14. The first-order chi connectivity index (χ1) is 6.26. The van der Waals surface area contributed by atoms with Gasteiger partial charge in [0.2, 0.25) is 0 Å². The zero-order valence-corrected chi connectivity index (χ0v) is 8.93. The van der Waals surface area contributed by atoms with Gasteiger partial charge in [-0.05, 0) is 18.9 Å². The lowest BCUT2D eigenvalue weighted by molar-refractivity contribution is 0.744. The number of hydrogen-bond donors (Lipinski definition) is 0. The van der Waals surface area contributed by atoms with E-state index in [1.165, 1.54) is 0 Å². The Morgan fingerprint density at radius 1 is 1.31 bits per heavy atom. The molecule has 0 amide bonds. The largest absolute Gasteiger partial charge is 0.238 e. The molecule has 0 aliphatic rings. The lowest BCUT2D eigenvalue weighted by Gasteiger charge is -2.02. The third kappa shape index (κ3) is 3.31. The topological polar surface area (TPSA) is 25.8 Å². The van der Waals surface area contributed by atoms with Crippen molar-refractivity contribution < 1.29 is 0 Å². The molecule has 1 aromatic heterocycles. The van der Waals surface area contributed by atoms with Crippen LogP contribution < -0.4 is 0 Å². The average molecular weight is 199 g/mol. The van der Waals surface area contributed by atoms with Crippen molar-refractivity contribution in [2.75, 3.05) is 0 Å². The van der Waals surface area contributed by atoms with E-state index in [0.717, 1.165) is 37.2 Å². The molecule has 3 heteroatoms. The first-order valence-corrected chi connectivity index (χ1v) is 5.16. The zero-order valence-electron chi connectivity index (χ0n) is 8.18. The second kappa shape index (κ2) is 5.18. The lowest BCUT2D eigenvalue weighted by Crippen LogP contribution is -1.99. The summed E-state index contributed by atoms with van der Waals surface area (Å²) in [6, 6.07) is 1.83. The van der Waals surface area contributed by atoms with Crippen LogP contribution in [0, 0.1) is 0 Å². The Balaban J connectivity index is 2.76. The van der Waals surface area contributed by atoms with Gasteiger partial charge in [0.15, 0.2) is 0 Å². The van der Waals surface area contributed by atoms with E-state index in [1.54, 1.807) is 0 Å². The zero-order chi connectivity index (χ0) is 9.68. The van der Waals surface area contributed by atoms with Gasteiger partial charge in [-0.25, -0.2) is 9.97 Å². The maximum Gasteiger partial charge on any atom is 0.133 e. The van der Waals surface area contributed by atoms with Crippen LogP contribution in [0.15, 0.2) is 6.07 Å². The minimum absolute atomic E-state index is 0.568. The van der Waals surface area contributed by atoms with Crippen molar-refractivity contribution in [2.24, 2.45) is 0 Å². The van der Waals surface area contributed by atoms with Gasteiger partial charge in [0, 0.05) is 12.1 Å². The molecule has 1 rings (SSSR count). The highest BCUT2D eigenvalue weighted by atomic mass is 35.5. The van der Waals surface area contributed by atoms with Gasteiger partial charge >= 0.3 is 0 Å². The fourth-order valence-corrected chi connectivity index (χ4v) is 1.37. The van der Waals surface area contributed by atoms with Crippen LogP contribution in [0.25, 0.3) is 0 Å². The highest BCUT2D eigenvalue weighted by molar-refractivity contribution is 6.29. The van der Waals surface area contributed by atoms with Crippen molar-refractivity contribution in [3.8, 4) is 0 Å². The Hall–Kier alpha value is -0.630. The van der Waals surface area contributed by atoms with Gasteiger partial charge in [0.1, 0.15) is 11.0 Å². The van der Waals surface area contributed by atoms with Crippen LogP contribution in [-0.4, -0.2) is 9.97 Å². The molecule has 1 aromatic rings. The summed E-state index contributed by atoms with van der Waals surface area (Å²) in [6.07, 6.45) is 4.15. The smallest absolute Gasteiger partial charge is 0.133 e. The molecule has 0 saturated heterocycles. The van der Waals surface area contributed by atoms with Gasteiger partial charge in [0.05, 0.1) is 0 Å². The number of unbranched alkanes of at least 4 members (excludes halogenated alkanes) is 1. The number of hydrogen-bond acceptors (Lipinski definition) is 2. The molecule has 0 radical (unpaired) electrons. The Morgan fingerprint density at radius 2 is 2.08 bits per heavy atom. The van der Waals surface area contributed by atoms with Crippen molar-refractivity contribution >= 4 is 11.6 Å². The molecule has 13 heavy (non-hydrogen) atoms. The molecule has 0 aliphatic carbocycles. The number of nitrogens with zero attached hydrogens (tertiary/aromatic N) is 2. The Labute approximate surface area is 84.4 Å². The number of halogens is 1. The van der Waals surface area contributed by atoms with Crippen molar-refractivity contribution in [1.29, 1.82) is 0 Å². The molecule has 2 nitrogen and oxygen atoms in total. The summed E-state index contributed by atoms with van der Waals surface area (Å²) in [5.74, 6) is 0.881. The van der Waals surface area contributed by atoms with Crippen LogP contribution in [-0.2, 0) is 12.8 Å². The molecule has 0 bridgehead atoms. The fraction of sp³-hybridized carbons (Fsp3) is 0.600. The predicted octanol–water partition coefficient (Wildman–Crippen LogP) is 3.04. The van der Waals surface area contributed by atoms with E-state index < -0.39 is 0 Å². The van der Waals surface area contributed by atoms with Crippen LogP contribution in [0.2, 0.25) is 5.15 Å². The van der Waals surface area contributed by atoms with E-state index in [1.807, 2.05) is 6.07 Å². The van der Waals surface area contributed by atoms with Gasteiger partial charge in [-0.15, -0.1) is 0 Å². The Bertz CT molecular complexity index is 274. The van der Waals surface area contributed by atoms with Gasteiger partial charge in [0.25, 0.3) is 0 Å². The van der Waals surface area contributed by atoms with E-state index in [2.05, 4.69) is 23.8 Å². The standard InChI is InChI=1S/C10H15ClN2/c1-3-5-6-10-12-8(4-2)7-9(11)13-10/h7H,3-6H2,1-2H3. The van der Waals surface area contributed by atoms with Crippen molar-refractivity contribution in [3.05, 3.63) is 22.7 Å². The summed E-state index contributed by atoms with van der Waals surface area (Å²) in [5, 5.41) is 0.568. The number of aryl methyl sites for hydroxylation is 2. The SMILES string of the molecule is CCCCc1nc(Cl)cc(CC)n1. The van der Waals surface area contributed by atoms with Gasteiger partial charge in [-0.2, -0.15) is 0 Å². The monoisotopic (exact) mass is 198 g/mol. The second-order valence-corrected chi connectivity index (χ2v) is 3.44. The summed E-state index contributed by atoms with van der Waals surface area (Å²) < 4.78 is 0. The van der Waals surface area contributed by atoms with E-state index in [-0.39, 0.29) is 0 Å². The first kappa shape index (κ1) is 10.5. The van der Waals surface area contributed by atoms with E-state index >= 15 is 0 Å². The summed E-state index contributed by atoms with van der Waals surface area (Å²) in [7, 11) is 0. The summed E-state index contributed by atoms with van der Waals surface area (Å²) in [5.41, 5.74) is 1.03. The summed E-state index contributed by atoms with van der Waals surface area (Å²) in [6.45, 7) is 4.23. The van der Waals surface area contributed by atoms with Gasteiger partial charge < -0.3 is 0 Å². The minimum atomic E-state index is 0.568. The van der Waals surface area contributed by atoms with Crippen molar-refractivity contribution in [1.82, 2.24) is 9.97 Å². The van der Waals surface area contributed by atoms with Crippen LogP contribution in [0.5, 0.6) is 0 Å². The normalized spacial score (nSPS) is 10.4. The summed E-state index contributed by atoms with van der Waals surface area (Å²) >= 11 is 5.86. The molecule has 0 unspecified atom stereocenters. The van der Waals surface area contributed by atoms with E-state index in [9.17, 15) is 0 Å². The molecular formula is C10H15ClN2. The van der Waals surface area contributed by atoms with Gasteiger partial charge in [-0.3, -0.25) is 0 Å². The molecule has 72 valence electrons. The average Bonchev–Trinajstić information content (AvgIpc) is 2.14. The minimum Gasteiger partial charge on any atom is -0.238 e. The van der Waals surface area contributed by atoms with E-state index in [4.69, 9.17) is 11.6 Å². The maximum atomic E-state index is 5.86. The third-order valence-electron chi connectivity index (χ3n) is 1.91. The molecule has 1 heterocycles. The van der Waals surface area contributed by atoms with Crippen LogP contribution in [0.4, 0.5) is 0 Å². The highest BCUT2D eigenvalue weighted by Gasteiger charge is 2.00. The molecule has 0 spiro atoms.